The molecule has 2 fully saturated rings. The van der Waals surface area contributed by atoms with Gasteiger partial charge in [0.05, 0.1) is 0 Å². The van der Waals surface area contributed by atoms with Gasteiger partial charge in [0.25, 0.3) is 0 Å². The summed E-state index contributed by atoms with van der Waals surface area (Å²) in [6.45, 7) is 15.8. The van der Waals surface area contributed by atoms with Crippen molar-refractivity contribution in [1.82, 2.24) is 10.2 Å². The Morgan fingerprint density at radius 2 is 1.62 bits per heavy atom. The molecule has 1 saturated carbocycles. The Kier molecular flexibility index (Phi) is 5.76. The zero-order valence-corrected chi connectivity index (χ0v) is 15.2. The summed E-state index contributed by atoms with van der Waals surface area (Å²) in [6, 6.07) is 1.46. The molecule has 1 aliphatic carbocycles. The minimum absolute atomic E-state index is 0.462. The summed E-state index contributed by atoms with van der Waals surface area (Å²) in [7, 11) is 0. The van der Waals surface area contributed by atoms with Gasteiger partial charge < -0.3 is 5.32 Å². The van der Waals surface area contributed by atoms with Crippen LogP contribution in [0.2, 0.25) is 0 Å². The molecular weight excluding hydrogens is 256 g/mol. The fourth-order valence-corrected chi connectivity index (χ4v) is 4.76. The van der Waals surface area contributed by atoms with Crippen LogP contribution in [0.15, 0.2) is 0 Å². The fraction of sp³-hybridized carbons (Fsp3) is 1.00. The predicted molar refractivity (Wildman–Crippen MR) is 92.7 cm³/mol. The van der Waals surface area contributed by atoms with Gasteiger partial charge in [-0.2, -0.15) is 0 Å². The van der Waals surface area contributed by atoms with Gasteiger partial charge in [-0.25, -0.2) is 0 Å². The van der Waals surface area contributed by atoms with E-state index in [1.165, 1.54) is 64.6 Å². The summed E-state index contributed by atoms with van der Waals surface area (Å²) < 4.78 is 0. The van der Waals surface area contributed by atoms with Crippen molar-refractivity contribution in [3.63, 3.8) is 0 Å². The standard InChI is InChI=1S/C19H38N2/c1-6-13-20-17-16(9-10-18(17,4)5)21-14-11-19(7-2,8-3)12-15-21/h16-17,20H,6-15H2,1-5H3. The molecule has 1 N–H and O–H groups in total. The summed E-state index contributed by atoms with van der Waals surface area (Å²) in [6.07, 6.45) is 9.57. The van der Waals surface area contributed by atoms with E-state index < -0.39 is 0 Å². The highest BCUT2D eigenvalue weighted by Gasteiger charge is 2.45. The largest absolute Gasteiger partial charge is 0.312 e. The smallest absolute Gasteiger partial charge is 0.0274 e. The minimum Gasteiger partial charge on any atom is -0.312 e. The molecule has 2 heteroatoms. The van der Waals surface area contributed by atoms with E-state index in [9.17, 15) is 0 Å². The van der Waals surface area contributed by atoms with E-state index in [2.05, 4.69) is 44.8 Å². The van der Waals surface area contributed by atoms with E-state index in [1.807, 2.05) is 0 Å². The van der Waals surface area contributed by atoms with Gasteiger partial charge in [-0.15, -0.1) is 0 Å². The van der Waals surface area contributed by atoms with E-state index >= 15 is 0 Å². The van der Waals surface area contributed by atoms with E-state index in [0.717, 1.165) is 6.04 Å². The Bertz CT molecular complexity index is 310. The summed E-state index contributed by atoms with van der Waals surface area (Å²) in [5, 5.41) is 3.88. The number of hydrogen-bond donors (Lipinski definition) is 1. The highest BCUT2D eigenvalue weighted by atomic mass is 15.2. The lowest BCUT2D eigenvalue weighted by atomic mass is 9.73. The van der Waals surface area contributed by atoms with Crippen molar-refractivity contribution in [2.45, 2.75) is 91.6 Å². The first-order valence-corrected chi connectivity index (χ1v) is 9.45. The van der Waals surface area contributed by atoms with Crippen LogP contribution < -0.4 is 5.32 Å². The van der Waals surface area contributed by atoms with Crippen LogP contribution in [-0.2, 0) is 0 Å². The average molecular weight is 295 g/mol. The third kappa shape index (κ3) is 3.64. The highest BCUT2D eigenvalue weighted by Crippen LogP contribution is 2.44. The zero-order valence-electron chi connectivity index (χ0n) is 15.2. The maximum atomic E-state index is 3.88. The van der Waals surface area contributed by atoms with E-state index in [4.69, 9.17) is 0 Å². The number of likely N-dealkylation sites (tertiary alicyclic amines) is 1. The Hall–Kier alpha value is -0.0800. The molecule has 0 radical (unpaired) electrons. The Morgan fingerprint density at radius 3 is 2.14 bits per heavy atom. The molecule has 2 unspecified atom stereocenters. The molecule has 124 valence electrons. The van der Waals surface area contributed by atoms with Crippen LogP contribution in [0.4, 0.5) is 0 Å². The van der Waals surface area contributed by atoms with E-state index in [-0.39, 0.29) is 0 Å². The fourth-order valence-electron chi connectivity index (χ4n) is 4.76. The minimum atomic E-state index is 0.462. The first-order chi connectivity index (χ1) is 9.98. The van der Waals surface area contributed by atoms with Gasteiger partial charge in [0, 0.05) is 12.1 Å². The molecule has 1 heterocycles. The Balaban J connectivity index is 1.98. The second-order valence-corrected chi connectivity index (χ2v) is 8.27. The van der Waals surface area contributed by atoms with E-state index in [1.54, 1.807) is 0 Å². The lowest BCUT2D eigenvalue weighted by Crippen LogP contribution is -2.54. The van der Waals surface area contributed by atoms with E-state index in [0.29, 0.717) is 16.9 Å². The van der Waals surface area contributed by atoms with Crippen LogP contribution in [0.3, 0.4) is 0 Å². The maximum absolute atomic E-state index is 3.88. The Morgan fingerprint density at radius 1 is 1.00 bits per heavy atom. The van der Waals surface area contributed by atoms with Crippen molar-refractivity contribution < 1.29 is 0 Å². The number of nitrogens with zero attached hydrogens (tertiary/aromatic N) is 1. The van der Waals surface area contributed by atoms with Crippen LogP contribution in [0, 0.1) is 10.8 Å². The van der Waals surface area contributed by atoms with Crippen LogP contribution in [0.25, 0.3) is 0 Å². The van der Waals surface area contributed by atoms with Crippen molar-refractivity contribution in [2.24, 2.45) is 10.8 Å². The summed E-state index contributed by atoms with van der Waals surface area (Å²) in [4.78, 5) is 2.83. The molecular formula is C19H38N2. The van der Waals surface area contributed by atoms with Gasteiger partial charge in [0.1, 0.15) is 0 Å². The highest BCUT2D eigenvalue weighted by molar-refractivity contribution is 5.02. The van der Waals surface area contributed by atoms with Crippen LogP contribution in [0.1, 0.15) is 79.6 Å². The first-order valence-electron chi connectivity index (χ1n) is 9.45. The first kappa shape index (κ1) is 17.3. The quantitative estimate of drug-likeness (QED) is 0.779. The second-order valence-electron chi connectivity index (χ2n) is 8.27. The molecule has 1 aliphatic heterocycles. The average Bonchev–Trinajstić information content (AvgIpc) is 2.80. The topological polar surface area (TPSA) is 15.3 Å². The number of rotatable bonds is 6. The van der Waals surface area contributed by atoms with Crippen LogP contribution >= 0.6 is 0 Å². The third-order valence-corrected chi connectivity index (χ3v) is 6.75. The molecule has 2 atom stereocenters. The molecule has 0 aromatic carbocycles. The summed E-state index contributed by atoms with van der Waals surface area (Å²) in [5.74, 6) is 0. The van der Waals surface area contributed by atoms with Gasteiger partial charge in [-0.1, -0.05) is 47.5 Å². The zero-order chi connectivity index (χ0) is 15.5. The van der Waals surface area contributed by atoms with Gasteiger partial charge in [-0.05, 0) is 62.6 Å². The molecule has 0 spiro atoms. The van der Waals surface area contributed by atoms with Crippen LogP contribution in [0.5, 0.6) is 0 Å². The molecule has 0 aromatic heterocycles. The predicted octanol–water partition coefficient (Wildman–Crippen LogP) is 4.45. The number of nitrogens with one attached hydrogen (secondary N) is 1. The number of hydrogen-bond acceptors (Lipinski definition) is 2. The van der Waals surface area contributed by atoms with Gasteiger partial charge in [0.2, 0.25) is 0 Å². The molecule has 2 nitrogen and oxygen atoms in total. The molecule has 0 bridgehead atoms. The molecule has 2 rings (SSSR count). The van der Waals surface area contributed by atoms with Crippen molar-refractivity contribution in [1.29, 1.82) is 0 Å². The Labute approximate surface area is 133 Å². The van der Waals surface area contributed by atoms with Gasteiger partial charge >= 0.3 is 0 Å². The van der Waals surface area contributed by atoms with Crippen molar-refractivity contribution >= 4 is 0 Å². The molecule has 0 aromatic rings. The summed E-state index contributed by atoms with van der Waals surface area (Å²) in [5.41, 5.74) is 1.11. The van der Waals surface area contributed by atoms with Crippen LogP contribution in [-0.4, -0.2) is 36.6 Å². The normalized spacial score (nSPS) is 32.4. The van der Waals surface area contributed by atoms with Gasteiger partial charge in [-0.3, -0.25) is 4.90 Å². The second kappa shape index (κ2) is 7.00. The molecule has 2 aliphatic rings. The third-order valence-electron chi connectivity index (χ3n) is 6.75. The molecule has 0 amide bonds. The monoisotopic (exact) mass is 294 g/mol. The molecule has 1 saturated heterocycles. The van der Waals surface area contributed by atoms with Crippen molar-refractivity contribution in [2.75, 3.05) is 19.6 Å². The number of piperidine rings is 1. The van der Waals surface area contributed by atoms with Crippen molar-refractivity contribution in [3.8, 4) is 0 Å². The lowest BCUT2D eigenvalue weighted by Gasteiger charge is -2.45. The SMILES string of the molecule is CCCNC1C(N2CCC(CC)(CC)CC2)CCC1(C)C. The summed E-state index contributed by atoms with van der Waals surface area (Å²) >= 11 is 0. The lowest BCUT2D eigenvalue weighted by molar-refractivity contribution is 0.0517. The van der Waals surface area contributed by atoms with Gasteiger partial charge in [0.15, 0.2) is 0 Å². The molecule has 21 heavy (non-hydrogen) atoms. The maximum Gasteiger partial charge on any atom is 0.0274 e. The van der Waals surface area contributed by atoms with Crippen molar-refractivity contribution in [3.05, 3.63) is 0 Å².